The summed E-state index contributed by atoms with van der Waals surface area (Å²) in [6.07, 6.45) is 2.60. The quantitative estimate of drug-likeness (QED) is 0.912. The van der Waals surface area contributed by atoms with Crippen LogP contribution in [0.4, 0.5) is 0 Å². The van der Waals surface area contributed by atoms with Gasteiger partial charge in [-0.2, -0.15) is 0 Å². The first kappa shape index (κ1) is 12.7. The molecule has 1 aliphatic carbocycles. The summed E-state index contributed by atoms with van der Waals surface area (Å²) in [5.41, 5.74) is 4.23. The largest absolute Gasteiger partial charge is 0.331 e. The third-order valence-corrected chi connectivity index (χ3v) is 4.41. The highest BCUT2D eigenvalue weighted by Crippen LogP contribution is 2.48. The summed E-state index contributed by atoms with van der Waals surface area (Å²) < 4.78 is 2.25. The Morgan fingerprint density at radius 2 is 2.11 bits per heavy atom. The Morgan fingerprint density at radius 1 is 1.37 bits per heavy atom. The molecule has 1 aliphatic rings. The van der Waals surface area contributed by atoms with E-state index in [9.17, 15) is 0 Å². The Bertz CT molecular complexity index is 606. The van der Waals surface area contributed by atoms with E-state index in [0.29, 0.717) is 11.3 Å². The van der Waals surface area contributed by atoms with Crippen molar-refractivity contribution >= 4 is 11.0 Å². The molecule has 0 bridgehead atoms. The van der Waals surface area contributed by atoms with Crippen LogP contribution in [0.1, 0.15) is 44.0 Å². The Balaban J connectivity index is 2.08. The number of fused-ring (bicyclic) bond motifs is 1. The molecule has 0 spiro atoms. The fraction of sp³-hybridized carbons (Fsp3) is 0.562. The van der Waals surface area contributed by atoms with E-state index in [-0.39, 0.29) is 0 Å². The smallest absolute Gasteiger partial charge is 0.112 e. The standard InChI is InChI=1S/C16H23N3/c1-11(2)15-18-13-6-5-12(9-14(13)19(15)4)16(7-8-16)10-17-3/h5-6,9,11,17H,7-8,10H2,1-4H3. The summed E-state index contributed by atoms with van der Waals surface area (Å²) >= 11 is 0. The molecule has 0 atom stereocenters. The summed E-state index contributed by atoms with van der Waals surface area (Å²) in [4.78, 5) is 4.75. The van der Waals surface area contributed by atoms with Crippen molar-refractivity contribution < 1.29 is 0 Å². The number of hydrogen-bond donors (Lipinski definition) is 1. The van der Waals surface area contributed by atoms with E-state index in [0.717, 1.165) is 12.1 Å². The number of hydrogen-bond acceptors (Lipinski definition) is 2. The number of nitrogens with zero attached hydrogens (tertiary/aromatic N) is 2. The van der Waals surface area contributed by atoms with Crippen molar-refractivity contribution in [2.24, 2.45) is 7.05 Å². The number of rotatable bonds is 4. The molecule has 0 saturated heterocycles. The second-order valence-corrected chi connectivity index (χ2v) is 6.20. The van der Waals surface area contributed by atoms with Crippen molar-refractivity contribution in [3.05, 3.63) is 29.6 Å². The van der Waals surface area contributed by atoms with Crippen LogP contribution in [0.25, 0.3) is 11.0 Å². The molecule has 2 aromatic rings. The van der Waals surface area contributed by atoms with Gasteiger partial charge in [0, 0.05) is 24.9 Å². The molecule has 1 aromatic carbocycles. The van der Waals surface area contributed by atoms with Gasteiger partial charge in [0.05, 0.1) is 11.0 Å². The molecule has 1 aromatic heterocycles. The van der Waals surface area contributed by atoms with Crippen LogP contribution in [0.3, 0.4) is 0 Å². The van der Waals surface area contributed by atoms with Crippen LogP contribution in [0.5, 0.6) is 0 Å². The Morgan fingerprint density at radius 3 is 2.68 bits per heavy atom. The van der Waals surface area contributed by atoms with Gasteiger partial charge in [-0.25, -0.2) is 4.98 Å². The minimum absolute atomic E-state index is 0.380. The van der Waals surface area contributed by atoms with Crippen molar-refractivity contribution in [1.82, 2.24) is 14.9 Å². The number of aryl methyl sites for hydroxylation is 1. The lowest BCUT2D eigenvalue weighted by molar-refractivity contribution is 0.624. The Kier molecular flexibility index (Phi) is 2.90. The van der Waals surface area contributed by atoms with Crippen LogP contribution in [-0.2, 0) is 12.5 Å². The fourth-order valence-corrected chi connectivity index (χ4v) is 3.11. The van der Waals surface area contributed by atoms with Gasteiger partial charge in [-0.1, -0.05) is 19.9 Å². The SMILES string of the molecule is CNCC1(c2ccc3nc(C(C)C)n(C)c3c2)CC1. The number of imidazole rings is 1. The monoisotopic (exact) mass is 257 g/mol. The first-order valence-electron chi connectivity index (χ1n) is 7.19. The lowest BCUT2D eigenvalue weighted by Gasteiger charge is -2.15. The predicted molar refractivity (Wildman–Crippen MR) is 79.6 cm³/mol. The Hall–Kier alpha value is -1.35. The molecule has 0 aliphatic heterocycles. The van der Waals surface area contributed by atoms with Crippen LogP contribution in [0, 0.1) is 0 Å². The second-order valence-electron chi connectivity index (χ2n) is 6.20. The predicted octanol–water partition coefficient (Wildman–Crippen LogP) is 2.95. The van der Waals surface area contributed by atoms with E-state index < -0.39 is 0 Å². The normalized spacial score (nSPS) is 17.3. The third kappa shape index (κ3) is 1.96. The maximum Gasteiger partial charge on any atom is 0.112 e. The molecule has 3 rings (SSSR count). The van der Waals surface area contributed by atoms with Crippen molar-refractivity contribution in [2.45, 2.75) is 38.0 Å². The minimum Gasteiger partial charge on any atom is -0.331 e. The van der Waals surface area contributed by atoms with Crippen molar-refractivity contribution in [3.63, 3.8) is 0 Å². The van der Waals surface area contributed by atoms with Crippen LogP contribution >= 0.6 is 0 Å². The van der Waals surface area contributed by atoms with Crippen LogP contribution in [0.2, 0.25) is 0 Å². The molecule has 19 heavy (non-hydrogen) atoms. The minimum atomic E-state index is 0.380. The molecule has 3 heteroatoms. The summed E-state index contributed by atoms with van der Waals surface area (Å²) in [6, 6.07) is 6.80. The van der Waals surface area contributed by atoms with Crippen molar-refractivity contribution in [3.8, 4) is 0 Å². The van der Waals surface area contributed by atoms with E-state index in [1.165, 1.54) is 29.7 Å². The zero-order chi connectivity index (χ0) is 13.6. The lowest BCUT2D eigenvalue weighted by atomic mass is 9.95. The highest BCUT2D eigenvalue weighted by atomic mass is 15.1. The first-order valence-corrected chi connectivity index (χ1v) is 7.19. The number of nitrogens with one attached hydrogen (secondary N) is 1. The zero-order valence-corrected chi connectivity index (χ0v) is 12.3. The molecule has 1 saturated carbocycles. The van der Waals surface area contributed by atoms with E-state index in [2.05, 4.69) is 49.0 Å². The Labute approximate surface area is 115 Å². The topological polar surface area (TPSA) is 29.9 Å². The summed E-state index contributed by atoms with van der Waals surface area (Å²) in [5, 5.41) is 3.33. The third-order valence-electron chi connectivity index (χ3n) is 4.41. The average Bonchev–Trinajstić information content (AvgIpc) is 3.09. The highest BCUT2D eigenvalue weighted by Gasteiger charge is 2.43. The van der Waals surface area contributed by atoms with Gasteiger partial charge in [-0.05, 0) is 37.6 Å². The van der Waals surface area contributed by atoms with Crippen LogP contribution < -0.4 is 5.32 Å². The maximum atomic E-state index is 4.75. The molecular formula is C16H23N3. The van der Waals surface area contributed by atoms with Gasteiger partial charge >= 0.3 is 0 Å². The summed E-state index contributed by atoms with van der Waals surface area (Å²) in [6.45, 7) is 5.48. The maximum absolute atomic E-state index is 4.75. The van der Waals surface area contributed by atoms with E-state index in [1.807, 2.05) is 7.05 Å². The van der Waals surface area contributed by atoms with E-state index in [1.54, 1.807) is 0 Å². The molecular weight excluding hydrogens is 234 g/mol. The zero-order valence-electron chi connectivity index (χ0n) is 12.3. The van der Waals surface area contributed by atoms with Crippen molar-refractivity contribution in [2.75, 3.05) is 13.6 Å². The van der Waals surface area contributed by atoms with Gasteiger partial charge in [0.25, 0.3) is 0 Å². The average molecular weight is 257 g/mol. The van der Waals surface area contributed by atoms with Crippen LogP contribution in [0.15, 0.2) is 18.2 Å². The second kappa shape index (κ2) is 4.34. The lowest BCUT2D eigenvalue weighted by Crippen LogP contribution is -2.23. The molecule has 1 fully saturated rings. The van der Waals surface area contributed by atoms with E-state index in [4.69, 9.17) is 4.98 Å². The molecule has 0 radical (unpaired) electrons. The van der Waals surface area contributed by atoms with Gasteiger partial charge in [-0.15, -0.1) is 0 Å². The molecule has 0 unspecified atom stereocenters. The van der Waals surface area contributed by atoms with Crippen LogP contribution in [-0.4, -0.2) is 23.1 Å². The van der Waals surface area contributed by atoms with Gasteiger partial charge in [0.1, 0.15) is 5.82 Å². The number of likely N-dealkylation sites (N-methyl/N-ethyl adjacent to an activating group) is 1. The molecule has 102 valence electrons. The van der Waals surface area contributed by atoms with Gasteiger partial charge in [0.2, 0.25) is 0 Å². The highest BCUT2D eigenvalue weighted by molar-refractivity contribution is 5.77. The number of aromatic nitrogens is 2. The molecule has 0 amide bonds. The van der Waals surface area contributed by atoms with Gasteiger partial charge in [-0.3, -0.25) is 0 Å². The van der Waals surface area contributed by atoms with E-state index >= 15 is 0 Å². The summed E-state index contributed by atoms with van der Waals surface area (Å²) in [7, 11) is 4.17. The molecule has 1 heterocycles. The summed E-state index contributed by atoms with van der Waals surface area (Å²) in [5.74, 6) is 1.64. The molecule has 1 N–H and O–H groups in total. The van der Waals surface area contributed by atoms with Crippen molar-refractivity contribution in [1.29, 1.82) is 0 Å². The number of benzene rings is 1. The molecule has 3 nitrogen and oxygen atoms in total. The first-order chi connectivity index (χ1) is 9.07. The van der Waals surface area contributed by atoms with Gasteiger partial charge < -0.3 is 9.88 Å². The fourth-order valence-electron chi connectivity index (χ4n) is 3.11. The van der Waals surface area contributed by atoms with Gasteiger partial charge in [0.15, 0.2) is 0 Å².